The van der Waals surface area contributed by atoms with Gasteiger partial charge in [-0.25, -0.2) is 9.14 Å². The highest BCUT2D eigenvalue weighted by Gasteiger charge is 2.39. The van der Waals surface area contributed by atoms with Crippen LogP contribution in [-0.2, 0) is 6.54 Å². The largest absolute Gasteiger partial charge is 0.455 e. The molecule has 3 nitrogen and oxygen atoms in total. The molecule has 35 heavy (non-hydrogen) atoms. The monoisotopic (exact) mass is 484 g/mol. The van der Waals surface area contributed by atoms with Gasteiger partial charge in [0.25, 0.3) is 0 Å². The van der Waals surface area contributed by atoms with Crippen LogP contribution in [0.5, 0.6) is 5.75 Å². The van der Waals surface area contributed by atoms with Crippen LogP contribution in [0.2, 0.25) is 0 Å². The predicted molar refractivity (Wildman–Crippen MR) is 147 cm³/mol. The minimum Gasteiger partial charge on any atom is -0.455 e. The first-order valence-electron chi connectivity index (χ1n) is 12.0. The SMILES string of the molecule is CCn1c2ccccc2c2cc(P(=Nc3ccc(F)cc3)(Oc3ccccc3)C(C)(C)C)ccc21. The Labute approximate surface area is 206 Å². The van der Waals surface area contributed by atoms with Gasteiger partial charge in [-0.2, -0.15) is 0 Å². The topological polar surface area (TPSA) is 26.5 Å². The molecule has 0 spiro atoms. The Hall–Kier alpha value is -3.36. The second-order valence-electron chi connectivity index (χ2n) is 9.69. The minimum absolute atomic E-state index is 0.276. The Balaban J connectivity index is 1.84. The predicted octanol–water partition coefficient (Wildman–Crippen LogP) is 8.90. The first-order valence-corrected chi connectivity index (χ1v) is 13.6. The zero-order chi connectivity index (χ0) is 24.6. The second kappa shape index (κ2) is 9.02. The molecule has 5 heteroatoms. The maximum absolute atomic E-state index is 13.7. The number of benzene rings is 4. The van der Waals surface area contributed by atoms with Gasteiger partial charge in [-0.15, -0.1) is 0 Å². The highest BCUT2D eigenvalue weighted by molar-refractivity contribution is 7.71. The molecule has 0 radical (unpaired) electrons. The van der Waals surface area contributed by atoms with Crippen molar-refractivity contribution in [3.63, 3.8) is 0 Å². The number of rotatable bonds is 5. The lowest BCUT2D eigenvalue weighted by molar-refractivity contribution is 0.571. The van der Waals surface area contributed by atoms with Crippen molar-refractivity contribution in [3.8, 4) is 5.75 Å². The molecule has 0 fully saturated rings. The molecule has 0 saturated carbocycles. The fourth-order valence-corrected chi connectivity index (χ4v) is 7.76. The number of hydrogen-bond acceptors (Lipinski definition) is 2. The van der Waals surface area contributed by atoms with Crippen molar-refractivity contribution < 1.29 is 8.91 Å². The van der Waals surface area contributed by atoms with Crippen molar-refractivity contribution >= 4 is 40.1 Å². The number of aromatic nitrogens is 1. The van der Waals surface area contributed by atoms with Crippen LogP contribution in [0.25, 0.3) is 21.8 Å². The number of para-hydroxylation sites is 2. The van der Waals surface area contributed by atoms with E-state index in [1.807, 2.05) is 30.3 Å². The lowest BCUT2D eigenvalue weighted by Gasteiger charge is -2.37. The number of aryl methyl sites for hydroxylation is 1. The van der Waals surface area contributed by atoms with Crippen molar-refractivity contribution in [2.75, 3.05) is 0 Å². The molecule has 0 saturated heterocycles. The van der Waals surface area contributed by atoms with Crippen LogP contribution >= 0.6 is 7.28 Å². The van der Waals surface area contributed by atoms with Crippen molar-refractivity contribution in [2.45, 2.75) is 39.4 Å². The van der Waals surface area contributed by atoms with Gasteiger partial charge >= 0.3 is 0 Å². The molecule has 0 amide bonds. The minimum atomic E-state index is -2.68. The van der Waals surface area contributed by atoms with Gasteiger partial charge in [-0.05, 0) is 67.6 Å². The lowest BCUT2D eigenvalue weighted by atomic mass is 10.1. The summed E-state index contributed by atoms with van der Waals surface area (Å²) in [5.41, 5.74) is 3.13. The second-order valence-corrected chi connectivity index (χ2v) is 13.1. The highest BCUT2D eigenvalue weighted by atomic mass is 31.2. The molecule has 0 aliphatic rings. The van der Waals surface area contributed by atoms with Gasteiger partial charge in [-0.1, -0.05) is 57.2 Å². The summed E-state index contributed by atoms with van der Waals surface area (Å²) >= 11 is 0. The molecular formula is C30H30FN2OP. The van der Waals surface area contributed by atoms with E-state index in [2.05, 4.69) is 74.7 Å². The van der Waals surface area contributed by atoms with Crippen LogP contribution < -0.4 is 9.83 Å². The lowest BCUT2D eigenvalue weighted by Crippen LogP contribution is -2.27. The Morgan fingerprint density at radius 1 is 0.800 bits per heavy atom. The van der Waals surface area contributed by atoms with Crippen molar-refractivity contribution in [2.24, 2.45) is 4.74 Å². The summed E-state index contributed by atoms with van der Waals surface area (Å²) in [5, 5.41) is 3.15. The highest BCUT2D eigenvalue weighted by Crippen LogP contribution is 2.62. The smallest absolute Gasteiger partial charge is 0.173 e. The third kappa shape index (κ3) is 4.17. The van der Waals surface area contributed by atoms with Crippen molar-refractivity contribution in [1.29, 1.82) is 0 Å². The third-order valence-corrected chi connectivity index (χ3v) is 10.2. The molecule has 4 aromatic carbocycles. The molecule has 0 N–H and O–H groups in total. The summed E-state index contributed by atoms with van der Waals surface area (Å²) in [6.07, 6.45) is 0. The van der Waals surface area contributed by atoms with Crippen LogP contribution in [0.4, 0.5) is 10.1 Å². The van der Waals surface area contributed by atoms with E-state index in [0.29, 0.717) is 5.69 Å². The van der Waals surface area contributed by atoms with E-state index in [1.54, 1.807) is 12.1 Å². The summed E-state index contributed by atoms with van der Waals surface area (Å²) in [5.74, 6) is 0.499. The van der Waals surface area contributed by atoms with E-state index >= 15 is 0 Å². The molecule has 0 bridgehead atoms. The zero-order valence-corrected chi connectivity index (χ0v) is 21.5. The quantitative estimate of drug-likeness (QED) is 0.229. The Bertz CT molecular complexity index is 1550. The fraction of sp³-hybridized carbons (Fsp3) is 0.200. The molecule has 0 aliphatic carbocycles. The molecule has 5 aromatic rings. The van der Waals surface area contributed by atoms with E-state index in [1.165, 1.54) is 33.9 Å². The van der Waals surface area contributed by atoms with E-state index in [0.717, 1.165) is 17.6 Å². The third-order valence-electron chi connectivity index (χ3n) is 6.40. The van der Waals surface area contributed by atoms with Crippen molar-refractivity contribution in [1.82, 2.24) is 4.57 Å². The molecule has 0 aliphatic heterocycles. The Morgan fingerprint density at radius 2 is 1.46 bits per heavy atom. The van der Waals surface area contributed by atoms with Crippen LogP contribution in [-0.4, -0.2) is 9.72 Å². The maximum Gasteiger partial charge on any atom is 0.173 e. The molecule has 178 valence electrons. The normalized spacial score (nSPS) is 13.6. The first kappa shape index (κ1) is 23.4. The Morgan fingerprint density at radius 3 is 2.14 bits per heavy atom. The van der Waals surface area contributed by atoms with Crippen LogP contribution in [0.3, 0.4) is 0 Å². The van der Waals surface area contributed by atoms with E-state index in [9.17, 15) is 4.39 Å². The average molecular weight is 485 g/mol. The summed E-state index contributed by atoms with van der Waals surface area (Å²) in [7, 11) is -2.68. The van der Waals surface area contributed by atoms with Gasteiger partial charge < -0.3 is 9.09 Å². The van der Waals surface area contributed by atoms with Gasteiger partial charge in [-0.3, -0.25) is 0 Å². The van der Waals surface area contributed by atoms with Crippen LogP contribution in [0, 0.1) is 5.82 Å². The first-order chi connectivity index (χ1) is 16.8. The molecular weight excluding hydrogens is 454 g/mol. The van der Waals surface area contributed by atoms with Gasteiger partial charge in [0.2, 0.25) is 0 Å². The zero-order valence-electron chi connectivity index (χ0n) is 20.6. The van der Waals surface area contributed by atoms with E-state index in [-0.39, 0.29) is 11.0 Å². The Kier molecular flexibility index (Phi) is 6.02. The standard InChI is InChI=1S/C30H30FN2OP/c1-5-33-28-14-10-9-13-26(28)27-21-25(19-20-29(27)33)35(30(2,3)4,34-24-11-7-6-8-12-24)32-23-17-15-22(31)16-18-23/h6-21H,5H2,1-4H3. The van der Waals surface area contributed by atoms with Gasteiger partial charge in [0.1, 0.15) is 11.6 Å². The molecule has 5 rings (SSSR count). The molecule has 1 unspecified atom stereocenters. The fourth-order valence-electron chi connectivity index (χ4n) is 4.68. The molecule has 1 heterocycles. The van der Waals surface area contributed by atoms with Crippen LogP contribution in [0.1, 0.15) is 27.7 Å². The van der Waals surface area contributed by atoms with Crippen molar-refractivity contribution in [3.05, 3.63) is 103 Å². The van der Waals surface area contributed by atoms with E-state index in [4.69, 9.17) is 9.27 Å². The van der Waals surface area contributed by atoms with E-state index < -0.39 is 7.28 Å². The summed E-state index contributed by atoms with van der Waals surface area (Å²) in [6.45, 7) is 9.60. The maximum atomic E-state index is 13.7. The summed E-state index contributed by atoms with van der Waals surface area (Å²) < 4.78 is 28.3. The average Bonchev–Trinajstić information content (AvgIpc) is 3.18. The van der Waals surface area contributed by atoms with Crippen LogP contribution in [0.15, 0.2) is 102 Å². The van der Waals surface area contributed by atoms with Gasteiger partial charge in [0.05, 0.1) is 5.69 Å². The van der Waals surface area contributed by atoms with Gasteiger partial charge in [0, 0.05) is 38.8 Å². The number of fused-ring (bicyclic) bond motifs is 3. The number of hydrogen-bond donors (Lipinski definition) is 0. The number of halogens is 1. The summed E-state index contributed by atoms with van der Waals surface area (Å²) in [6, 6.07) is 31.4. The van der Waals surface area contributed by atoms with Gasteiger partial charge in [0.15, 0.2) is 7.28 Å². The molecule has 1 aromatic heterocycles. The molecule has 1 atom stereocenters. The number of nitrogens with zero attached hydrogens (tertiary/aromatic N) is 2. The summed E-state index contributed by atoms with van der Waals surface area (Å²) in [4.78, 5) is 0.